The number of anilines is 1. The molecule has 1 saturated heterocycles. The minimum Gasteiger partial charge on any atom is -0.342 e. The van der Waals surface area contributed by atoms with Gasteiger partial charge in [0.2, 0.25) is 11.8 Å². The Morgan fingerprint density at radius 3 is 2.71 bits per heavy atom. The van der Waals surface area contributed by atoms with Crippen LogP contribution >= 0.6 is 15.9 Å². The van der Waals surface area contributed by atoms with Gasteiger partial charge in [-0.2, -0.15) is 0 Å². The van der Waals surface area contributed by atoms with E-state index in [-0.39, 0.29) is 17.7 Å². The van der Waals surface area contributed by atoms with Crippen LogP contribution in [0.5, 0.6) is 0 Å². The molecule has 1 aliphatic rings. The Balaban J connectivity index is 1.86. The van der Waals surface area contributed by atoms with Crippen LogP contribution < -0.4 is 5.32 Å². The van der Waals surface area contributed by atoms with Gasteiger partial charge in [-0.05, 0) is 30.7 Å². The zero-order valence-corrected chi connectivity index (χ0v) is 13.9. The number of hydrogen-bond donors (Lipinski definition) is 1. The second kappa shape index (κ2) is 7.59. The van der Waals surface area contributed by atoms with Gasteiger partial charge in [0.15, 0.2) is 0 Å². The van der Waals surface area contributed by atoms with Crippen LogP contribution in [0.2, 0.25) is 0 Å². The summed E-state index contributed by atoms with van der Waals surface area (Å²) in [7, 11) is 0. The van der Waals surface area contributed by atoms with E-state index in [9.17, 15) is 9.59 Å². The van der Waals surface area contributed by atoms with Crippen molar-refractivity contribution in [1.29, 1.82) is 0 Å². The lowest BCUT2D eigenvalue weighted by atomic mass is 10.1. The van der Waals surface area contributed by atoms with Crippen molar-refractivity contribution >= 4 is 33.4 Å². The first-order valence-corrected chi connectivity index (χ1v) is 8.23. The van der Waals surface area contributed by atoms with Gasteiger partial charge in [-0.25, -0.2) is 0 Å². The second-order valence-electron chi connectivity index (χ2n) is 5.44. The van der Waals surface area contributed by atoms with Crippen LogP contribution in [-0.4, -0.2) is 29.8 Å². The molecule has 1 fully saturated rings. The van der Waals surface area contributed by atoms with Crippen LogP contribution in [0, 0.1) is 5.92 Å². The summed E-state index contributed by atoms with van der Waals surface area (Å²) in [5.41, 5.74) is 0.764. The van der Waals surface area contributed by atoms with Gasteiger partial charge in [0.05, 0.1) is 5.92 Å². The van der Waals surface area contributed by atoms with Gasteiger partial charge in [0.1, 0.15) is 0 Å². The van der Waals surface area contributed by atoms with Crippen molar-refractivity contribution in [2.45, 2.75) is 32.6 Å². The molecule has 1 atom stereocenters. The predicted molar refractivity (Wildman–Crippen MR) is 87.0 cm³/mol. The zero-order valence-electron chi connectivity index (χ0n) is 12.3. The molecule has 0 bridgehead atoms. The molecule has 5 heteroatoms. The van der Waals surface area contributed by atoms with Gasteiger partial charge in [-0.15, -0.1) is 0 Å². The van der Waals surface area contributed by atoms with E-state index in [1.54, 1.807) is 0 Å². The van der Waals surface area contributed by atoms with Gasteiger partial charge in [0, 0.05) is 29.7 Å². The highest BCUT2D eigenvalue weighted by atomic mass is 79.9. The molecule has 0 saturated carbocycles. The van der Waals surface area contributed by atoms with Gasteiger partial charge < -0.3 is 10.2 Å². The maximum Gasteiger partial charge on any atom is 0.229 e. The number of nitrogens with zero attached hydrogens (tertiary/aromatic N) is 1. The average Bonchev–Trinajstić information content (AvgIpc) is 2.83. The van der Waals surface area contributed by atoms with Crippen molar-refractivity contribution in [1.82, 2.24) is 4.90 Å². The molecule has 4 nitrogen and oxygen atoms in total. The van der Waals surface area contributed by atoms with Crippen molar-refractivity contribution in [3.8, 4) is 0 Å². The Kier molecular flexibility index (Phi) is 5.79. The summed E-state index contributed by atoms with van der Waals surface area (Å²) in [4.78, 5) is 26.0. The van der Waals surface area contributed by atoms with E-state index in [1.165, 1.54) is 0 Å². The van der Waals surface area contributed by atoms with Gasteiger partial charge in [0.25, 0.3) is 0 Å². The number of carbonyl (C=O) groups is 2. The highest BCUT2D eigenvalue weighted by molar-refractivity contribution is 9.10. The van der Waals surface area contributed by atoms with Gasteiger partial charge in [-0.3, -0.25) is 9.59 Å². The van der Waals surface area contributed by atoms with Crippen LogP contribution in [0.4, 0.5) is 5.69 Å². The summed E-state index contributed by atoms with van der Waals surface area (Å²) < 4.78 is 0.971. The Morgan fingerprint density at radius 1 is 1.33 bits per heavy atom. The number of benzene rings is 1. The number of hydrogen-bond acceptors (Lipinski definition) is 2. The maximum absolute atomic E-state index is 12.2. The molecule has 1 aromatic carbocycles. The molecular formula is C16H21BrN2O2. The first kappa shape index (κ1) is 16.0. The van der Waals surface area contributed by atoms with Crippen molar-refractivity contribution in [3.05, 3.63) is 28.7 Å². The quantitative estimate of drug-likeness (QED) is 0.797. The molecule has 1 unspecified atom stereocenters. The van der Waals surface area contributed by atoms with Crippen molar-refractivity contribution in [3.63, 3.8) is 0 Å². The molecule has 21 heavy (non-hydrogen) atoms. The number of nitrogens with one attached hydrogen (secondary N) is 1. The third-order valence-electron chi connectivity index (χ3n) is 3.73. The Labute approximate surface area is 134 Å². The van der Waals surface area contributed by atoms with Crippen molar-refractivity contribution in [2.24, 2.45) is 5.92 Å². The third kappa shape index (κ3) is 4.56. The fourth-order valence-electron chi connectivity index (χ4n) is 2.49. The molecule has 1 heterocycles. The Morgan fingerprint density at radius 2 is 2.05 bits per heavy atom. The third-order valence-corrected chi connectivity index (χ3v) is 4.26. The number of amides is 2. The number of carbonyl (C=O) groups excluding carboxylic acids is 2. The zero-order chi connectivity index (χ0) is 15.2. The molecule has 2 rings (SSSR count). The van der Waals surface area contributed by atoms with Crippen molar-refractivity contribution in [2.75, 3.05) is 18.4 Å². The fourth-order valence-corrected chi connectivity index (χ4v) is 2.76. The van der Waals surface area contributed by atoms with E-state index >= 15 is 0 Å². The average molecular weight is 353 g/mol. The van der Waals surface area contributed by atoms with E-state index in [0.717, 1.165) is 36.0 Å². The van der Waals surface area contributed by atoms with E-state index in [1.807, 2.05) is 29.2 Å². The van der Waals surface area contributed by atoms with Crippen LogP contribution in [0.25, 0.3) is 0 Å². The predicted octanol–water partition coefficient (Wildman–Crippen LogP) is 3.43. The lowest BCUT2D eigenvalue weighted by Gasteiger charge is -2.16. The van der Waals surface area contributed by atoms with Crippen LogP contribution in [0.3, 0.4) is 0 Å². The summed E-state index contributed by atoms with van der Waals surface area (Å²) in [6.07, 6.45) is 3.60. The monoisotopic (exact) mass is 352 g/mol. The standard InChI is InChI=1S/C16H21BrN2O2/c1-2-3-4-9-19-11-12(10-15(19)20)16(21)18-14-7-5-13(17)6-8-14/h5-8,12H,2-4,9-11H2,1H3,(H,18,21). The normalized spacial score (nSPS) is 18.1. The SMILES string of the molecule is CCCCCN1CC(C(=O)Nc2ccc(Br)cc2)CC1=O. The largest absolute Gasteiger partial charge is 0.342 e. The molecule has 1 aliphatic heterocycles. The van der Waals surface area contributed by atoms with Crippen LogP contribution in [0.15, 0.2) is 28.7 Å². The molecule has 0 spiro atoms. The summed E-state index contributed by atoms with van der Waals surface area (Å²) in [6, 6.07) is 7.45. The van der Waals surface area contributed by atoms with Crippen LogP contribution in [-0.2, 0) is 9.59 Å². The Hall–Kier alpha value is -1.36. The number of rotatable bonds is 6. The summed E-state index contributed by atoms with van der Waals surface area (Å²) in [5.74, 6) is -0.200. The first-order valence-electron chi connectivity index (χ1n) is 7.44. The molecule has 114 valence electrons. The molecule has 1 aromatic rings. The maximum atomic E-state index is 12.2. The van der Waals surface area contributed by atoms with Crippen molar-refractivity contribution < 1.29 is 9.59 Å². The molecule has 1 N–H and O–H groups in total. The van der Waals surface area contributed by atoms with Crippen LogP contribution in [0.1, 0.15) is 32.6 Å². The van der Waals surface area contributed by atoms with E-state index in [0.29, 0.717) is 13.0 Å². The highest BCUT2D eigenvalue weighted by Crippen LogP contribution is 2.21. The molecule has 0 aromatic heterocycles. The first-order chi connectivity index (χ1) is 10.1. The number of unbranched alkanes of at least 4 members (excludes halogenated alkanes) is 2. The minimum atomic E-state index is -0.234. The number of halogens is 1. The Bertz CT molecular complexity index is 502. The summed E-state index contributed by atoms with van der Waals surface area (Å²) >= 11 is 3.36. The van der Waals surface area contributed by atoms with E-state index in [4.69, 9.17) is 0 Å². The molecule has 0 radical (unpaired) electrons. The minimum absolute atomic E-state index is 0.0661. The number of likely N-dealkylation sites (tertiary alicyclic amines) is 1. The second-order valence-corrected chi connectivity index (χ2v) is 6.36. The summed E-state index contributed by atoms with van der Waals surface area (Å²) in [6.45, 7) is 3.46. The molecular weight excluding hydrogens is 332 g/mol. The lowest BCUT2D eigenvalue weighted by Crippen LogP contribution is -2.29. The van der Waals surface area contributed by atoms with Gasteiger partial charge >= 0.3 is 0 Å². The lowest BCUT2D eigenvalue weighted by molar-refractivity contribution is -0.128. The van der Waals surface area contributed by atoms with E-state index in [2.05, 4.69) is 28.2 Å². The van der Waals surface area contributed by atoms with E-state index < -0.39 is 0 Å². The molecule has 2 amide bonds. The fraction of sp³-hybridized carbons (Fsp3) is 0.500. The topological polar surface area (TPSA) is 49.4 Å². The van der Waals surface area contributed by atoms with Gasteiger partial charge in [-0.1, -0.05) is 35.7 Å². The summed E-state index contributed by atoms with van der Waals surface area (Å²) in [5, 5.41) is 2.88. The molecule has 0 aliphatic carbocycles. The smallest absolute Gasteiger partial charge is 0.229 e. The highest BCUT2D eigenvalue weighted by Gasteiger charge is 2.33.